The molecule has 0 atom stereocenters. The Balaban J connectivity index is 1.35. The van der Waals surface area contributed by atoms with E-state index in [1.807, 2.05) is 47.8 Å². The largest absolute Gasteiger partial charge is 0.482 e. The molecule has 1 aliphatic heterocycles. The van der Waals surface area contributed by atoms with Gasteiger partial charge in [0.15, 0.2) is 12.4 Å². The number of rotatable bonds is 6. The van der Waals surface area contributed by atoms with E-state index in [-0.39, 0.29) is 24.8 Å². The number of esters is 1. The smallest absolute Gasteiger partial charge is 0.344 e. The zero-order chi connectivity index (χ0) is 19.3. The lowest BCUT2D eigenvalue weighted by molar-refractivity contribution is -0.147. The molecule has 0 N–H and O–H groups in total. The van der Waals surface area contributed by atoms with E-state index >= 15 is 0 Å². The molecule has 0 unspecified atom stereocenters. The number of ketones is 1. The summed E-state index contributed by atoms with van der Waals surface area (Å²) in [7, 11) is 0. The van der Waals surface area contributed by atoms with Crippen molar-refractivity contribution >= 4 is 29.2 Å². The molecule has 5 nitrogen and oxygen atoms in total. The van der Waals surface area contributed by atoms with Crippen molar-refractivity contribution in [3.05, 3.63) is 87.8 Å². The van der Waals surface area contributed by atoms with Gasteiger partial charge in [-0.2, -0.15) is 0 Å². The summed E-state index contributed by atoms with van der Waals surface area (Å²) in [5.74, 6) is 0.484. The molecule has 0 bridgehead atoms. The zero-order valence-electron chi connectivity index (χ0n) is 14.8. The van der Waals surface area contributed by atoms with Crippen molar-refractivity contribution in [2.45, 2.75) is 6.61 Å². The molecular formula is C22H16O5S. The van der Waals surface area contributed by atoms with Gasteiger partial charge in [0.1, 0.15) is 18.1 Å². The van der Waals surface area contributed by atoms with Crippen LogP contribution >= 0.6 is 11.3 Å². The summed E-state index contributed by atoms with van der Waals surface area (Å²) < 4.78 is 16.3. The molecule has 0 aliphatic carbocycles. The Kier molecular flexibility index (Phi) is 5.21. The van der Waals surface area contributed by atoms with Gasteiger partial charge < -0.3 is 14.2 Å². The van der Waals surface area contributed by atoms with E-state index in [4.69, 9.17) is 14.2 Å². The SMILES string of the molecule is O=C(COc1ccc2c(c1)O/C(=C\c1cccs1)C2=O)OCc1ccccc1. The Labute approximate surface area is 165 Å². The molecule has 1 aromatic heterocycles. The van der Waals surface area contributed by atoms with E-state index in [1.54, 1.807) is 24.3 Å². The van der Waals surface area contributed by atoms with Crippen LogP contribution in [0.2, 0.25) is 0 Å². The second kappa shape index (κ2) is 8.10. The zero-order valence-corrected chi connectivity index (χ0v) is 15.6. The van der Waals surface area contributed by atoms with Gasteiger partial charge in [-0.15, -0.1) is 11.3 Å². The number of ether oxygens (including phenoxy) is 3. The minimum atomic E-state index is -0.473. The molecule has 0 amide bonds. The topological polar surface area (TPSA) is 61.8 Å². The van der Waals surface area contributed by atoms with Crippen molar-refractivity contribution < 1.29 is 23.8 Å². The Hall–Kier alpha value is -3.38. The van der Waals surface area contributed by atoms with E-state index in [2.05, 4.69) is 0 Å². The number of Topliss-reactive ketones (excluding diaryl/α,β-unsaturated/α-hetero) is 1. The highest BCUT2D eigenvalue weighted by atomic mass is 32.1. The Morgan fingerprint density at radius 2 is 1.93 bits per heavy atom. The fraction of sp³-hybridized carbons (Fsp3) is 0.0909. The van der Waals surface area contributed by atoms with Gasteiger partial charge in [-0.3, -0.25) is 4.79 Å². The summed E-state index contributed by atoms with van der Waals surface area (Å²) in [6, 6.07) is 18.1. The van der Waals surface area contributed by atoms with Crippen LogP contribution in [0, 0.1) is 0 Å². The van der Waals surface area contributed by atoms with E-state index in [0.717, 1.165) is 10.4 Å². The lowest BCUT2D eigenvalue weighted by Crippen LogP contribution is -2.14. The van der Waals surface area contributed by atoms with Crippen LogP contribution in [0.5, 0.6) is 11.5 Å². The molecule has 3 aromatic rings. The van der Waals surface area contributed by atoms with E-state index in [9.17, 15) is 9.59 Å². The average Bonchev–Trinajstić information content (AvgIpc) is 3.34. The number of allylic oxidation sites excluding steroid dienone is 1. The lowest BCUT2D eigenvalue weighted by Gasteiger charge is -2.08. The van der Waals surface area contributed by atoms with Crippen LogP contribution in [0.15, 0.2) is 71.8 Å². The van der Waals surface area contributed by atoms with Crippen molar-refractivity contribution in [3.63, 3.8) is 0 Å². The van der Waals surface area contributed by atoms with Gasteiger partial charge in [0.05, 0.1) is 5.56 Å². The maximum Gasteiger partial charge on any atom is 0.344 e. The first-order valence-corrected chi connectivity index (χ1v) is 9.51. The van der Waals surface area contributed by atoms with Gasteiger partial charge >= 0.3 is 5.97 Å². The highest BCUT2D eigenvalue weighted by Crippen LogP contribution is 2.35. The fourth-order valence-corrected chi connectivity index (χ4v) is 3.33. The van der Waals surface area contributed by atoms with E-state index in [1.165, 1.54) is 11.3 Å². The molecule has 0 saturated carbocycles. The number of carbonyl (C=O) groups is 2. The Bertz CT molecular complexity index is 1020. The molecule has 140 valence electrons. The lowest BCUT2D eigenvalue weighted by atomic mass is 10.1. The van der Waals surface area contributed by atoms with Gasteiger partial charge in [0, 0.05) is 17.0 Å². The predicted octanol–water partition coefficient (Wildman–Crippen LogP) is 4.49. The first-order chi connectivity index (χ1) is 13.7. The highest BCUT2D eigenvalue weighted by molar-refractivity contribution is 7.10. The van der Waals surface area contributed by atoms with Crippen LogP contribution in [0.4, 0.5) is 0 Å². The number of hydrogen-bond acceptors (Lipinski definition) is 6. The summed E-state index contributed by atoms with van der Waals surface area (Å²) in [6.45, 7) is -0.0286. The first kappa shape index (κ1) is 18.0. The summed E-state index contributed by atoms with van der Waals surface area (Å²) >= 11 is 1.52. The van der Waals surface area contributed by atoms with Gasteiger partial charge in [-0.25, -0.2) is 4.79 Å². The number of benzene rings is 2. The van der Waals surface area contributed by atoms with Gasteiger partial charge in [0.25, 0.3) is 0 Å². The van der Waals surface area contributed by atoms with Crippen LogP contribution < -0.4 is 9.47 Å². The summed E-state index contributed by atoms with van der Waals surface area (Å²) in [5, 5.41) is 1.93. The Morgan fingerprint density at radius 3 is 2.71 bits per heavy atom. The molecule has 28 heavy (non-hydrogen) atoms. The first-order valence-electron chi connectivity index (χ1n) is 8.63. The van der Waals surface area contributed by atoms with Crippen molar-refractivity contribution in [1.82, 2.24) is 0 Å². The molecular weight excluding hydrogens is 376 g/mol. The number of fused-ring (bicyclic) bond motifs is 1. The molecule has 6 heteroatoms. The van der Waals surface area contributed by atoms with E-state index in [0.29, 0.717) is 17.1 Å². The van der Waals surface area contributed by atoms with Crippen LogP contribution in [-0.2, 0) is 16.1 Å². The number of thiophene rings is 1. The van der Waals surface area contributed by atoms with Crippen molar-refractivity contribution in [1.29, 1.82) is 0 Å². The second-order valence-corrected chi connectivity index (χ2v) is 7.03. The molecule has 0 radical (unpaired) electrons. The molecule has 0 fully saturated rings. The molecule has 0 saturated heterocycles. The fourth-order valence-electron chi connectivity index (χ4n) is 2.68. The number of hydrogen-bond donors (Lipinski definition) is 0. The van der Waals surface area contributed by atoms with E-state index < -0.39 is 5.97 Å². The van der Waals surface area contributed by atoms with Crippen molar-refractivity contribution in [3.8, 4) is 11.5 Å². The minimum Gasteiger partial charge on any atom is -0.482 e. The predicted molar refractivity (Wildman–Crippen MR) is 105 cm³/mol. The third-order valence-electron chi connectivity index (χ3n) is 4.06. The third-order valence-corrected chi connectivity index (χ3v) is 4.88. The minimum absolute atomic E-state index is 0.169. The summed E-state index contributed by atoms with van der Waals surface area (Å²) in [4.78, 5) is 25.2. The van der Waals surface area contributed by atoms with Crippen LogP contribution in [-0.4, -0.2) is 18.4 Å². The van der Waals surface area contributed by atoms with Crippen LogP contribution in [0.25, 0.3) is 6.08 Å². The normalized spacial score (nSPS) is 13.9. The molecule has 4 rings (SSSR count). The molecule has 0 spiro atoms. The molecule has 2 aromatic carbocycles. The average molecular weight is 392 g/mol. The van der Waals surface area contributed by atoms with Gasteiger partial charge in [-0.1, -0.05) is 36.4 Å². The monoisotopic (exact) mass is 392 g/mol. The number of carbonyl (C=O) groups excluding carboxylic acids is 2. The highest BCUT2D eigenvalue weighted by Gasteiger charge is 2.27. The standard InChI is InChI=1S/C22H16O5S/c23-21(26-13-15-5-2-1-3-6-15)14-25-16-8-9-18-19(11-16)27-20(22(18)24)12-17-7-4-10-28-17/h1-12H,13-14H2/b20-12-. The van der Waals surface area contributed by atoms with Crippen molar-refractivity contribution in [2.75, 3.05) is 6.61 Å². The second-order valence-electron chi connectivity index (χ2n) is 6.05. The van der Waals surface area contributed by atoms with Crippen LogP contribution in [0.1, 0.15) is 20.8 Å². The molecule has 2 heterocycles. The van der Waals surface area contributed by atoms with Gasteiger partial charge in [-0.05, 0) is 29.1 Å². The maximum absolute atomic E-state index is 12.4. The summed E-state index contributed by atoms with van der Waals surface area (Å²) in [5.41, 5.74) is 1.38. The van der Waals surface area contributed by atoms with Gasteiger partial charge in [0.2, 0.25) is 5.78 Å². The summed E-state index contributed by atoms with van der Waals surface area (Å²) in [6.07, 6.45) is 1.72. The quantitative estimate of drug-likeness (QED) is 0.457. The third kappa shape index (κ3) is 4.13. The van der Waals surface area contributed by atoms with Crippen LogP contribution in [0.3, 0.4) is 0 Å². The van der Waals surface area contributed by atoms with Crippen molar-refractivity contribution in [2.24, 2.45) is 0 Å². The maximum atomic E-state index is 12.4. The molecule has 1 aliphatic rings. The Morgan fingerprint density at radius 1 is 1.07 bits per heavy atom.